The first-order chi connectivity index (χ1) is 10.6. The topological polar surface area (TPSA) is 74.8 Å². The van der Waals surface area contributed by atoms with Crippen LogP contribution < -0.4 is 10.9 Å². The van der Waals surface area contributed by atoms with Crippen LogP contribution in [-0.2, 0) is 0 Å². The number of nitrogens with zero attached hydrogens (tertiary/aromatic N) is 1. The fraction of sp³-hybridized carbons (Fsp3) is 0. The normalized spacial score (nSPS) is 10.6. The number of fused-ring (bicyclic) bond motifs is 1. The number of nitrogens with one attached hydrogen (secondary N) is 2. The first-order valence-corrected chi connectivity index (χ1v) is 6.68. The zero-order valence-corrected chi connectivity index (χ0v) is 11.8. The van der Waals surface area contributed by atoms with Crippen molar-refractivity contribution < 1.29 is 9.18 Å². The molecule has 0 unspecified atom stereocenters. The lowest BCUT2D eigenvalue weighted by Crippen LogP contribution is -2.19. The highest BCUT2D eigenvalue weighted by atomic mass is 35.5. The Morgan fingerprint density at radius 1 is 1.18 bits per heavy atom. The second-order valence-corrected chi connectivity index (χ2v) is 4.94. The van der Waals surface area contributed by atoms with Crippen LogP contribution in [0.25, 0.3) is 10.8 Å². The van der Waals surface area contributed by atoms with Gasteiger partial charge < -0.3 is 5.32 Å². The third kappa shape index (κ3) is 2.56. The monoisotopic (exact) mass is 317 g/mol. The number of aromatic amines is 1. The molecule has 5 nitrogen and oxygen atoms in total. The lowest BCUT2D eigenvalue weighted by atomic mass is 10.1. The number of halogens is 2. The highest BCUT2D eigenvalue weighted by Gasteiger charge is 2.14. The molecule has 0 aliphatic heterocycles. The predicted octanol–water partition coefficient (Wildman–Crippen LogP) is 2.97. The molecule has 2 N–H and O–H groups in total. The minimum absolute atomic E-state index is 0.0654. The Bertz CT molecular complexity index is 939. The highest BCUT2D eigenvalue weighted by Crippen LogP contribution is 2.20. The van der Waals surface area contributed by atoms with Crippen LogP contribution in [0.15, 0.2) is 47.3 Å². The summed E-state index contributed by atoms with van der Waals surface area (Å²) in [5.74, 6) is -1.11. The minimum Gasteiger partial charge on any atom is -0.321 e. The van der Waals surface area contributed by atoms with Gasteiger partial charge in [0.25, 0.3) is 11.5 Å². The molecule has 0 saturated heterocycles. The summed E-state index contributed by atoms with van der Waals surface area (Å²) in [7, 11) is 0. The number of aromatic nitrogens is 2. The number of anilines is 1. The standard InChI is InChI=1S/C15H9ClFN3O2/c16-11-7-8(5-6-12(11)17)18-15(22)13-9-3-1-2-4-10(9)14(21)20-19-13/h1-7H,(H,18,22)(H,20,21). The number of amides is 1. The zero-order chi connectivity index (χ0) is 15.7. The lowest BCUT2D eigenvalue weighted by Gasteiger charge is -2.07. The molecular weight excluding hydrogens is 309 g/mol. The van der Waals surface area contributed by atoms with Gasteiger partial charge in [-0.1, -0.05) is 29.8 Å². The molecule has 22 heavy (non-hydrogen) atoms. The molecule has 0 radical (unpaired) electrons. The molecule has 0 fully saturated rings. The number of hydrogen-bond acceptors (Lipinski definition) is 3. The van der Waals surface area contributed by atoms with Crippen LogP contribution in [0.4, 0.5) is 10.1 Å². The fourth-order valence-electron chi connectivity index (χ4n) is 2.05. The van der Waals surface area contributed by atoms with Gasteiger partial charge in [-0.3, -0.25) is 9.59 Å². The van der Waals surface area contributed by atoms with Crippen LogP contribution in [0.1, 0.15) is 10.5 Å². The maximum absolute atomic E-state index is 13.1. The van der Waals surface area contributed by atoms with Crippen molar-refractivity contribution in [1.29, 1.82) is 0 Å². The number of hydrogen-bond donors (Lipinski definition) is 2. The Morgan fingerprint density at radius 2 is 1.91 bits per heavy atom. The van der Waals surface area contributed by atoms with Crippen LogP contribution in [0.5, 0.6) is 0 Å². The van der Waals surface area contributed by atoms with Crippen LogP contribution in [-0.4, -0.2) is 16.1 Å². The Balaban J connectivity index is 2.01. The van der Waals surface area contributed by atoms with Crippen molar-refractivity contribution in [3.05, 3.63) is 69.4 Å². The first-order valence-electron chi connectivity index (χ1n) is 6.30. The molecule has 7 heteroatoms. The molecule has 0 aliphatic rings. The molecule has 3 rings (SSSR count). The van der Waals surface area contributed by atoms with Gasteiger partial charge in [0.2, 0.25) is 0 Å². The fourth-order valence-corrected chi connectivity index (χ4v) is 2.23. The molecule has 1 amide bonds. The second kappa shape index (κ2) is 5.57. The summed E-state index contributed by atoms with van der Waals surface area (Å²) in [5.41, 5.74) is 0.0149. The number of rotatable bonds is 2. The van der Waals surface area contributed by atoms with Crippen molar-refractivity contribution in [2.45, 2.75) is 0 Å². The van der Waals surface area contributed by atoms with Crippen molar-refractivity contribution in [1.82, 2.24) is 10.2 Å². The molecule has 110 valence electrons. The van der Waals surface area contributed by atoms with E-state index in [4.69, 9.17) is 11.6 Å². The van der Waals surface area contributed by atoms with Crippen LogP contribution in [0.3, 0.4) is 0 Å². The summed E-state index contributed by atoms with van der Waals surface area (Å²) in [4.78, 5) is 24.0. The van der Waals surface area contributed by atoms with E-state index in [0.717, 1.165) is 6.07 Å². The third-order valence-electron chi connectivity index (χ3n) is 3.09. The SMILES string of the molecule is O=C(Nc1ccc(F)c(Cl)c1)c1n[nH]c(=O)c2ccccc12. The predicted molar refractivity (Wildman–Crippen MR) is 81.7 cm³/mol. The molecule has 0 saturated carbocycles. The van der Waals surface area contributed by atoms with E-state index in [1.54, 1.807) is 24.3 Å². The Morgan fingerprint density at radius 3 is 2.64 bits per heavy atom. The van der Waals surface area contributed by atoms with E-state index in [2.05, 4.69) is 15.5 Å². The maximum atomic E-state index is 13.1. The van der Waals surface area contributed by atoms with Crippen molar-refractivity contribution in [2.24, 2.45) is 0 Å². The van der Waals surface area contributed by atoms with E-state index in [9.17, 15) is 14.0 Å². The Hall–Kier alpha value is -2.73. The van der Waals surface area contributed by atoms with Crippen molar-refractivity contribution in [3.8, 4) is 0 Å². The average molecular weight is 318 g/mol. The quantitative estimate of drug-likeness (QED) is 0.763. The highest BCUT2D eigenvalue weighted by molar-refractivity contribution is 6.31. The summed E-state index contributed by atoms with van der Waals surface area (Å²) in [6.45, 7) is 0. The van der Waals surface area contributed by atoms with Gasteiger partial charge in [-0.15, -0.1) is 0 Å². The Labute approximate surface area is 128 Å². The van der Waals surface area contributed by atoms with Gasteiger partial charge in [-0.05, 0) is 24.3 Å². The van der Waals surface area contributed by atoms with Crippen LogP contribution >= 0.6 is 11.6 Å². The van der Waals surface area contributed by atoms with Crippen LogP contribution in [0, 0.1) is 5.82 Å². The third-order valence-corrected chi connectivity index (χ3v) is 3.38. The molecule has 0 spiro atoms. The summed E-state index contributed by atoms with van der Waals surface area (Å²) in [5, 5.41) is 9.32. The molecule has 1 heterocycles. The number of benzene rings is 2. The molecule has 0 bridgehead atoms. The second-order valence-electron chi connectivity index (χ2n) is 4.53. The van der Waals surface area contributed by atoms with Gasteiger partial charge >= 0.3 is 0 Å². The average Bonchev–Trinajstić information content (AvgIpc) is 2.51. The van der Waals surface area contributed by atoms with Crippen molar-refractivity contribution in [3.63, 3.8) is 0 Å². The van der Waals surface area contributed by atoms with Gasteiger partial charge in [0, 0.05) is 11.1 Å². The van der Waals surface area contributed by atoms with Gasteiger partial charge in [0.05, 0.1) is 10.4 Å². The molecule has 0 aliphatic carbocycles. The van der Waals surface area contributed by atoms with Gasteiger partial charge in [0.15, 0.2) is 5.69 Å². The first kappa shape index (κ1) is 14.2. The summed E-state index contributed by atoms with van der Waals surface area (Å²) < 4.78 is 13.1. The number of H-pyrrole nitrogens is 1. The minimum atomic E-state index is -0.577. The maximum Gasteiger partial charge on any atom is 0.276 e. The Kier molecular flexibility index (Phi) is 3.60. The van der Waals surface area contributed by atoms with E-state index in [0.29, 0.717) is 16.5 Å². The van der Waals surface area contributed by atoms with E-state index in [1.807, 2.05) is 0 Å². The van der Waals surface area contributed by atoms with Crippen LogP contribution in [0.2, 0.25) is 5.02 Å². The summed E-state index contributed by atoms with van der Waals surface area (Å²) >= 11 is 5.67. The van der Waals surface area contributed by atoms with Gasteiger partial charge in [0.1, 0.15) is 5.82 Å². The zero-order valence-electron chi connectivity index (χ0n) is 11.1. The van der Waals surface area contributed by atoms with Gasteiger partial charge in [-0.25, -0.2) is 9.49 Å². The number of carbonyl (C=O) groups is 1. The molecule has 0 atom stereocenters. The van der Waals surface area contributed by atoms with E-state index in [-0.39, 0.29) is 16.3 Å². The van der Waals surface area contributed by atoms with Gasteiger partial charge in [-0.2, -0.15) is 5.10 Å². The molecule has 3 aromatic rings. The van der Waals surface area contributed by atoms with E-state index >= 15 is 0 Å². The molecule has 1 aromatic heterocycles. The van der Waals surface area contributed by atoms with E-state index in [1.165, 1.54) is 12.1 Å². The smallest absolute Gasteiger partial charge is 0.276 e. The van der Waals surface area contributed by atoms with Crippen molar-refractivity contribution >= 4 is 34.0 Å². The lowest BCUT2D eigenvalue weighted by molar-refractivity contribution is 0.102. The molecule has 2 aromatic carbocycles. The summed E-state index contributed by atoms with van der Waals surface area (Å²) in [6.07, 6.45) is 0. The summed E-state index contributed by atoms with van der Waals surface area (Å²) in [6, 6.07) is 10.4. The molecular formula is C15H9ClFN3O2. The van der Waals surface area contributed by atoms with Crippen molar-refractivity contribution in [2.75, 3.05) is 5.32 Å². The number of carbonyl (C=O) groups excluding carboxylic acids is 1. The largest absolute Gasteiger partial charge is 0.321 e. The van der Waals surface area contributed by atoms with E-state index < -0.39 is 11.7 Å².